The molecule has 3 nitrogen and oxygen atoms in total. The average molecular weight is 277 g/mol. The van der Waals surface area contributed by atoms with Crippen LogP contribution in [0.5, 0.6) is 0 Å². The molecule has 1 aliphatic rings. The predicted molar refractivity (Wildman–Crippen MR) is 82.4 cm³/mol. The van der Waals surface area contributed by atoms with Crippen molar-refractivity contribution in [1.29, 1.82) is 0 Å². The van der Waals surface area contributed by atoms with Crippen LogP contribution in [0.1, 0.15) is 24.0 Å². The lowest BCUT2D eigenvalue weighted by molar-refractivity contribution is 0.518. The number of nitrogens with zero attached hydrogens (tertiary/aromatic N) is 1. The van der Waals surface area contributed by atoms with Gasteiger partial charge >= 0.3 is 5.63 Å². The van der Waals surface area contributed by atoms with E-state index < -0.39 is 0 Å². The molecule has 1 heterocycles. The number of hydrogen-bond acceptors (Lipinski definition) is 3. The highest BCUT2D eigenvalue weighted by Crippen LogP contribution is 2.26. The van der Waals surface area contributed by atoms with Crippen molar-refractivity contribution < 1.29 is 4.42 Å². The first-order chi connectivity index (χ1) is 10.3. The van der Waals surface area contributed by atoms with E-state index in [9.17, 15) is 4.79 Å². The molecule has 0 bridgehead atoms. The van der Waals surface area contributed by atoms with Crippen molar-refractivity contribution in [2.24, 2.45) is 0 Å². The second-order valence-corrected chi connectivity index (χ2v) is 5.52. The Morgan fingerprint density at radius 3 is 2.43 bits per heavy atom. The molecule has 3 aromatic rings. The Hall–Kier alpha value is -2.42. The molecule has 0 fully saturated rings. The quantitative estimate of drug-likeness (QED) is 0.680. The predicted octanol–water partition coefficient (Wildman–Crippen LogP) is 3.73. The third-order valence-corrected chi connectivity index (χ3v) is 4.11. The molecule has 2 aromatic carbocycles. The third kappa shape index (κ3) is 2.15. The third-order valence-electron chi connectivity index (χ3n) is 4.11. The molecule has 0 radical (unpaired) electrons. The summed E-state index contributed by atoms with van der Waals surface area (Å²) in [5, 5.41) is 0.593. The highest BCUT2D eigenvalue weighted by Gasteiger charge is 2.14. The summed E-state index contributed by atoms with van der Waals surface area (Å²) < 4.78 is 5.40. The Bertz CT molecular complexity index is 866. The molecule has 1 aliphatic carbocycles. The fraction of sp³-hybridized carbons (Fsp3) is 0.222. The normalized spacial score (nSPS) is 14.1. The monoisotopic (exact) mass is 277 g/mol. The fourth-order valence-corrected chi connectivity index (χ4v) is 3.01. The van der Waals surface area contributed by atoms with Crippen molar-refractivity contribution in [3.05, 3.63) is 64.0 Å². The number of benzene rings is 2. The Balaban J connectivity index is 1.95. The van der Waals surface area contributed by atoms with Crippen molar-refractivity contribution >= 4 is 10.9 Å². The molecule has 104 valence electrons. The summed E-state index contributed by atoms with van der Waals surface area (Å²) in [5.74, 6) is 0.392. The zero-order valence-corrected chi connectivity index (χ0v) is 11.6. The molecular weight excluding hydrogens is 262 g/mol. The van der Waals surface area contributed by atoms with Crippen LogP contribution in [0, 0.1) is 0 Å². The van der Waals surface area contributed by atoms with Crippen LogP contribution in [-0.4, -0.2) is 4.98 Å². The lowest BCUT2D eigenvalue weighted by Crippen LogP contribution is -2.08. The number of fused-ring (bicyclic) bond motifs is 2. The zero-order chi connectivity index (χ0) is 14.2. The first-order valence-corrected chi connectivity index (χ1v) is 7.33. The minimum absolute atomic E-state index is 0.299. The zero-order valence-electron chi connectivity index (χ0n) is 11.6. The van der Waals surface area contributed by atoms with Gasteiger partial charge in [-0.2, -0.15) is 0 Å². The van der Waals surface area contributed by atoms with Crippen LogP contribution in [0.2, 0.25) is 0 Å². The molecule has 0 spiro atoms. The van der Waals surface area contributed by atoms with Gasteiger partial charge in [-0.3, -0.25) is 0 Å². The first kappa shape index (κ1) is 12.3. The van der Waals surface area contributed by atoms with Crippen LogP contribution in [0.15, 0.2) is 51.7 Å². The van der Waals surface area contributed by atoms with Gasteiger partial charge in [-0.15, -0.1) is 0 Å². The summed E-state index contributed by atoms with van der Waals surface area (Å²) in [5.41, 5.74) is 3.87. The molecule has 0 amide bonds. The summed E-state index contributed by atoms with van der Waals surface area (Å²) in [4.78, 5) is 16.8. The van der Waals surface area contributed by atoms with Gasteiger partial charge in [0, 0.05) is 5.56 Å². The maximum Gasteiger partial charge on any atom is 0.347 e. The number of aryl methyl sites for hydroxylation is 2. The van der Waals surface area contributed by atoms with Crippen molar-refractivity contribution in [1.82, 2.24) is 4.98 Å². The van der Waals surface area contributed by atoms with E-state index in [1.807, 2.05) is 36.4 Å². The Kier molecular flexibility index (Phi) is 2.85. The van der Waals surface area contributed by atoms with Gasteiger partial charge in [0.15, 0.2) is 0 Å². The van der Waals surface area contributed by atoms with Crippen LogP contribution in [-0.2, 0) is 12.8 Å². The Labute approximate surface area is 122 Å². The van der Waals surface area contributed by atoms with Gasteiger partial charge in [0.2, 0.25) is 5.89 Å². The first-order valence-electron chi connectivity index (χ1n) is 7.33. The number of rotatable bonds is 1. The minimum Gasteiger partial charge on any atom is -0.403 e. The highest BCUT2D eigenvalue weighted by atomic mass is 16.4. The van der Waals surface area contributed by atoms with Crippen LogP contribution < -0.4 is 5.63 Å². The van der Waals surface area contributed by atoms with Crippen LogP contribution in [0.4, 0.5) is 0 Å². The van der Waals surface area contributed by atoms with Gasteiger partial charge in [-0.1, -0.05) is 18.2 Å². The highest BCUT2D eigenvalue weighted by molar-refractivity contribution is 5.80. The molecule has 0 saturated heterocycles. The van der Waals surface area contributed by atoms with Gasteiger partial charge in [0.05, 0.1) is 10.9 Å². The van der Waals surface area contributed by atoms with E-state index in [2.05, 4.69) is 11.1 Å². The Morgan fingerprint density at radius 2 is 1.67 bits per heavy atom. The van der Waals surface area contributed by atoms with Crippen molar-refractivity contribution in [3.63, 3.8) is 0 Å². The average Bonchev–Trinajstić information content (AvgIpc) is 2.54. The summed E-state index contributed by atoms with van der Waals surface area (Å²) in [6, 6.07) is 13.6. The molecule has 1 aromatic heterocycles. The van der Waals surface area contributed by atoms with E-state index in [0.717, 1.165) is 23.9 Å². The molecule has 21 heavy (non-hydrogen) atoms. The molecular formula is C18H15NO2. The second kappa shape index (κ2) is 4.85. The molecule has 3 heteroatoms. The second-order valence-electron chi connectivity index (χ2n) is 5.52. The molecule has 0 saturated carbocycles. The number of aromatic nitrogens is 1. The summed E-state index contributed by atoms with van der Waals surface area (Å²) >= 11 is 0. The van der Waals surface area contributed by atoms with Gasteiger partial charge in [0.1, 0.15) is 0 Å². The molecule has 4 rings (SSSR count). The van der Waals surface area contributed by atoms with E-state index in [0.29, 0.717) is 11.3 Å². The Morgan fingerprint density at radius 1 is 0.952 bits per heavy atom. The van der Waals surface area contributed by atoms with Gasteiger partial charge in [-0.25, -0.2) is 9.78 Å². The molecule has 0 unspecified atom stereocenters. The van der Waals surface area contributed by atoms with E-state index in [-0.39, 0.29) is 5.63 Å². The largest absolute Gasteiger partial charge is 0.403 e. The summed E-state index contributed by atoms with van der Waals surface area (Å²) in [6.45, 7) is 0. The summed E-state index contributed by atoms with van der Waals surface area (Å²) in [6.07, 6.45) is 4.53. The number of hydrogen-bond donors (Lipinski definition) is 0. The standard InChI is InChI=1S/C18H15NO2/c20-18-15-10-13-8-4-5-9-14(13)11-16(15)19-17(21-18)12-6-2-1-3-7-12/h1-3,6-7,10-11H,4-5,8-9H2. The lowest BCUT2D eigenvalue weighted by Gasteiger charge is -2.15. The lowest BCUT2D eigenvalue weighted by atomic mass is 9.91. The smallest absolute Gasteiger partial charge is 0.347 e. The van der Waals surface area contributed by atoms with E-state index in [4.69, 9.17) is 4.42 Å². The van der Waals surface area contributed by atoms with E-state index in [1.54, 1.807) is 0 Å². The van der Waals surface area contributed by atoms with Crippen LogP contribution in [0.3, 0.4) is 0 Å². The SMILES string of the molecule is O=c1oc(-c2ccccc2)nc2cc3c(cc12)CCCC3. The van der Waals surface area contributed by atoms with Crippen molar-refractivity contribution in [2.75, 3.05) is 0 Å². The van der Waals surface area contributed by atoms with Gasteiger partial charge in [0.25, 0.3) is 0 Å². The maximum atomic E-state index is 12.3. The van der Waals surface area contributed by atoms with Crippen LogP contribution in [0.25, 0.3) is 22.4 Å². The maximum absolute atomic E-state index is 12.3. The van der Waals surface area contributed by atoms with Gasteiger partial charge < -0.3 is 4.42 Å². The fourth-order valence-electron chi connectivity index (χ4n) is 3.01. The molecule has 0 atom stereocenters. The summed E-state index contributed by atoms with van der Waals surface area (Å²) in [7, 11) is 0. The van der Waals surface area contributed by atoms with Gasteiger partial charge in [-0.05, 0) is 61.1 Å². The molecule has 0 N–H and O–H groups in total. The van der Waals surface area contributed by atoms with Crippen molar-refractivity contribution in [3.8, 4) is 11.5 Å². The van der Waals surface area contributed by atoms with E-state index in [1.165, 1.54) is 24.0 Å². The van der Waals surface area contributed by atoms with E-state index >= 15 is 0 Å². The molecule has 0 aliphatic heterocycles. The van der Waals surface area contributed by atoms with Crippen LogP contribution >= 0.6 is 0 Å². The van der Waals surface area contributed by atoms with Crippen molar-refractivity contribution in [2.45, 2.75) is 25.7 Å². The minimum atomic E-state index is -0.299. The topological polar surface area (TPSA) is 43.1 Å².